The summed E-state index contributed by atoms with van der Waals surface area (Å²) in [6.45, 7) is 7.62. The van der Waals surface area contributed by atoms with Crippen molar-refractivity contribution in [3.63, 3.8) is 0 Å². The van der Waals surface area contributed by atoms with E-state index in [1.54, 1.807) is 21.0 Å². The summed E-state index contributed by atoms with van der Waals surface area (Å²) in [6.07, 6.45) is 0.376. The van der Waals surface area contributed by atoms with Crippen molar-refractivity contribution in [3.8, 4) is 5.75 Å². The fourth-order valence-corrected chi connectivity index (χ4v) is 5.37. The Morgan fingerprint density at radius 3 is 2.30 bits per heavy atom. The maximum Gasteiger partial charge on any atom is 0.336 e. The smallest absolute Gasteiger partial charge is 0.336 e. The second-order valence-electron chi connectivity index (χ2n) is 9.27. The second-order valence-corrected chi connectivity index (χ2v) is 9.27. The molecule has 0 aromatic heterocycles. The van der Waals surface area contributed by atoms with E-state index in [0.717, 1.165) is 16.7 Å². The molecule has 0 radical (unpaired) electrons. The predicted molar refractivity (Wildman–Crippen MR) is 139 cm³/mol. The molecule has 37 heavy (non-hydrogen) atoms. The second kappa shape index (κ2) is 11.0. The van der Waals surface area contributed by atoms with E-state index in [2.05, 4.69) is 5.32 Å². The first-order valence-electron chi connectivity index (χ1n) is 12.6. The first-order valence-corrected chi connectivity index (χ1v) is 12.6. The topological polar surface area (TPSA) is 90.9 Å². The van der Waals surface area contributed by atoms with E-state index in [1.807, 2.05) is 62.4 Å². The Morgan fingerprint density at radius 2 is 1.65 bits per heavy atom. The van der Waals surface area contributed by atoms with E-state index in [9.17, 15) is 14.4 Å². The van der Waals surface area contributed by atoms with E-state index in [-0.39, 0.29) is 19.0 Å². The lowest BCUT2D eigenvalue weighted by Gasteiger charge is -2.39. The van der Waals surface area contributed by atoms with Crippen LogP contribution in [0.1, 0.15) is 55.7 Å². The minimum atomic E-state index is -1.08. The highest BCUT2D eigenvalue weighted by Gasteiger charge is 2.49. The summed E-state index contributed by atoms with van der Waals surface area (Å²) in [6, 6.07) is 15.1. The molecule has 0 bridgehead atoms. The Labute approximate surface area is 217 Å². The molecule has 0 fully saturated rings. The summed E-state index contributed by atoms with van der Waals surface area (Å²) in [5.74, 6) is -3.07. The summed E-state index contributed by atoms with van der Waals surface area (Å²) in [5.41, 5.74) is 4.70. The van der Waals surface area contributed by atoms with Gasteiger partial charge in [0.2, 0.25) is 0 Å². The molecule has 0 saturated heterocycles. The largest absolute Gasteiger partial charge is 0.496 e. The van der Waals surface area contributed by atoms with Crippen LogP contribution in [0.3, 0.4) is 0 Å². The minimum absolute atomic E-state index is 0.153. The number of nitrogens with one attached hydrogen (secondary N) is 1. The summed E-state index contributed by atoms with van der Waals surface area (Å²) in [4.78, 5) is 40.8. The van der Waals surface area contributed by atoms with Gasteiger partial charge in [-0.3, -0.25) is 9.59 Å². The summed E-state index contributed by atoms with van der Waals surface area (Å²) >= 11 is 0. The molecule has 1 aliphatic carbocycles. The molecule has 7 heteroatoms. The first-order chi connectivity index (χ1) is 17.8. The van der Waals surface area contributed by atoms with Gasteiger partial charge < -0.3 is 19.5 Å². The number of hydrogen-bond acceptors (Lipinski definition) is 7. The van der Waals surface area contributed by atoms with Crippen LogP contribution in [0.4, 0.5) is 0 Å². The number of benzene rings is 2. The van der Waals surface area contributed by atoms with E-state index in [1.165, 1.54) is 0 Å². The number of carbonyl (C=O) groups is 3. The van der Waals surface area contributed by atoms with Gasteiger partial charge in [0, 0.05) is 28.8 Å². The number of rotatable bonds is 7. The van der Waals surface area contributed by atoms with Gasteiger partial charge in [-0.2, -0.15) is 0 Å². The van der Waals surface area contributed by atoms with Gasteiger partial charge in [0.1, 0.15) is 11.7 Å². The molecule has 2 aromatic carbocycles. The van der Waals surface area contributed by atoms with Crippen molar-refractivity contribution in [3.05, 3.63) is 87.8 Å². The van der Waals surface area contributed by atoms with Crippen LogP contribution in [-0.2, 0) is 23.9 Å². The van der Waals surface area contributed by atoms with E-state index >= 15 is 0 Å². The highest BCUT2D eigenvalue weighted by molar-refractivity contribution is 6.13. The zero-order valence-electron chi connectivity index (χ0n) is 21.9. The molecule has 7 nitrogen and oxygen atoms in total. The van der Waals surface area contributed by atoms with E-state index in [0.29, 0.717) is 34.7 Å². The van der Waals surface area contributed by atoms with Gasteiger partial charge in [0.05, 0.1) is 25.9 Å². The van der Waals surface area contributed by atoms with Crippen LogP contribution in [0.15, 0.2) is 71.1 Å². The molecule has 3 unspecified atom stereocenters. The van der Waals surface area contributed by atoms with Crippen LogP contribution in [0.2, 0.25) is 0 Å². The average molecular weight is 504 g/mol. The van der Waals surface area contributed by atoms with Gasteiger partial charge in [-0.15, -0.1) is 0 Å². The zero-order chi connectivity index (χ0) is 26.7. The molecule has 194 valence electrons. The fraction of sp³-hybridized carbons (Fsp3) is 0.367. The van der Waals surface area contributed by atoms with Crippen LogP contribution in [-0.4, -0.2) is 38.0 Å². The number of Topliss-reactive ketones (excluding diaryl/α,β-unsaturated/α-hetero) is 1. The van der Waals surface area contributed by atoms with Gasteiger partial charge >= 0.3 is 11.9 Å². The van der Waals surface area contributed by atoms with Crippen LogP contribution >= 0.6 is 0 Å². The van der Waals surface area contributed by atoms with Crippen LogP contribution in [0.25, 0.3) is 0 Å². The molecule has 1 N–H and O–H groups in total. The van der Waals surface area contributed by atoms with Crippen molar-refractivity contribution in [2.45, 2.75) is 46.0 Å². The summed E-state index contributed by atoms with van der Waals surface area (Å²) in [7, 11) is 1.57. The fourth-order valence-electron chi connectivity index (χ4n) is 5.37. The molecule has 2 aromatic rings. The number of aryl methyl sites for hydroxylation is 1. The van der Waals surface area contributed by atoms with Crippen molar-refractivity contribution < 1.29 is 28.6 Å². The van der Waals surface area contributed by atoms with Crippen LogP contribution < -0.4 is 10.1 Å². The molecular weight excluding hydrogens is 470 g/mol. The molecule has 4 rings (SSSR count). The Bertz CT molecular complexity index is 1270. The number of hydrogen-bond donors (Lipinski definition) is 1. The van der Waals surface area contributed by atoms with E-state index < -0.39 is 29.7 Å². The number of ether oxygens (including phenoxy) is 3. The lowest BCUT2D eigenvalue weighted by Crippen LogP contribution is -2.43. The molecule has 0 amide bonds. The Kier molecular flexibility index (Phi) is 7.81. The SMILES string of the molecule is CCOC(=O)C1=C(C)NC2=C(C(=O)C(C(=O)OCC)C(c3ccccc3OC)C2)C1c1ccc(C)cc1. The Morgan fingerprint density at radius 1 is 0.973 bits per heavy atom. The van der Waals surface area contributed by atoms with Crippen LogP contribution in [0, 0.1) is 12.8 Å². The van der Waals surface area contributed by atoms with E-state index in [4.69, 9.17) is 14.2 Å². The number of carbonyl (C=O) groups excluding carboxylic acids is 3. The monoisotopic (exact) mass is 503 g/mol. The van der Waals surface area contributed by atoms with Crippen molar-refractivity contribution in [1.29, 1.82) is 0 Å². The third-order valence-electron chi connectivity index (χ3n) is 7.00. The standard InChI is InChI=1S/C30H33NO6/c1-6-36-29(33)24-18(4)31-22-16-21(20-10-8-9-11-23(20)35-5)26(30(34)37-7-2)28(32)27(22)25(24)19-14-12-17(3)13-15-19/h8-15,21,25-26,31H,6-7,16H2,1-5H3. The quantitative estimate of drug-likeness (QED) is 0.432. The number of dihydropyridines is 1. The molecule has 0 saturated carbocycles. The van der Waals surface area contributed by atoms with Gasteiger partial charge in [0.25, 0.3) is 0 Å². The van der Waals surface area contributed by atoms with Crippen molar-refractivity contribution in [2.24, 2.45) is 5.92 Å². The summed E-state index contributed by atoms with van der Waals surface area (Å²) in [5, 5.41) is 3.32. The Balaban J connectivity index is 1.91. The van der Waals surface area contributed by atoms with Gasteiger partial charge in [0.15, 0.2) is 5.78 Å². The molecule has 1 heterocycles. The molecule has 1 aliphatic heterocycles. The molecule has 0 spiro atoms. The third kappa shape index (κ3) is 4.90. The third-order valence-corrected chi connectivity index (χ3v) is 7.00. The minimum Gasteiger partial charge on any atom is -0.496 e. The average Bonchev–Trinajstić information content (AvgIpc) is 2.88. The number of ketones is 1. The number of methoxy groups -OCH3 is 1. The molecular formula is C30H33NO6. The lowest BCUT2D eigenvalue weighted by atomic mass is 9.67. The van der Waals surface area contributed by atoms with Crippen LogP contribution in [0.5, 0.6) is 5.75 Å². The maximum absolute atomic E-state index is 14.3. The summed E-state index contributed by atoms with van der Waals surface area (Å²) < 4.78 is 16.4. The molecule has 3 atom stereocenters. The normalized spacial score (nSPS) is 21.2. The number of allylic oxidation sites excluding steroid dienone is 3. The van der Waals surface area contributed by atoms with Crippen molar-refractivity contribution >= 4 is 17.7 Å². The van der Waals surface area contributed by atoms with Gasteiger partial charge in [-0.1, -0.05) is 48.0 Å². The van der Waals surface area contributed by atoms with Crippen molar-refractivity contribution in [2.75, 3.05) is 20.3 Å². The van der Waals surface area contributed by atoms with Crippen molar-refractivity contribution in [1.82, 2.24) is 5.32 Å². The van der Waals surface area contributed by atoms with Gasteiger partial charge in [-0.25, -0.2) is 4.79 Å². The number of para-hydroxylation sites is 1. The number of esters is 2. The molecule has 2 aliphatic rings. The highest BCUT2D eigenvalue weighted by atomic mass is 16.5. The zero-order valence-corrected chi connectivity index (χ0v) is 21.9. The van der Waals surface area contributed by atoms with Gasteiger partial charge in [-0.05, 0) is 51.3 Å². The predicted octanol–water partition coefficient (Wildman–Crippen LogP) is 4.72. The lowest BCUT2D eigenvalue weighted by molar-refractivity contribution is -0.152. The first kappa shape index (κ1) is 26.2. The maximum atomic E-state index is 14.3. The Hall–Kier alpha value is -3.87. The highest BCUT2D eigenvalue weighted by Crippen LogP contribution is 2.49.